The van der Waals surface area contributed by atoms with Gasteiger partial charge in [0.1, 0.15) is 0 Å². The first kappa shape index (κ1) is 18.2. The van der Waals surface area contributed by atoms with E-state index < -0.39 is 9.84 Å². The lowest BCUT2D eigenvalue weighted by atomic mass is 10.0. The predicted octanol–water partition coefficient (Wildman–Crippen LogP) is 0.455. The van der Waals surface area contributed by atoms with E-state index in [2.05, 4.69) is 5.32 Å². The van der Waals surface area contributed by atoms with Crippen LogP contribution in [-0.4, -0.2) is 71.4 Å². The summed E-state index contributed by atoms with van der Waals surface area (Å²) in [6.45, 7) is 1.86. The van der Waals surface area contributed by atoms with Gasteiger partial charge in [-0.15, -0.1) is 0 Å². The number of ether oxygens (including phenoxy) is 2. The van der Waals surface area contributed by atoms with Crippen LogP contribution >= 0.6 is 0 Å². The third-order valence-corrected chi connectivity index (χ3v) is 6.36. The van der Waals surface area contributed by atoms with E-state index in [0.29, 0.717) is 31.9 Å². The molecule has 0 spiro atoms. The Labute approximate surface area is 148 Å². The van der Waals surface area contributed by atoms with Gasteiger partial charge in [-0.3, -0.25) is 4.79 Å². The van der Waals surface area contributed by atoms with Gasteiger partial charge in [0.2, 0.25) is 0 Å². The van der Waals surface area contributed by atoms with Crippen LogP contribution in [0, 0.1) is 0 Å². The molecule has 2 saturated heterocycles. The summed E-state index contributed by atoms with van der Waals surface area (Å²) in [7, 11) is -1.33. The molecule has 7 nitrogen and oxygen atoms in total. The Morgan fingerprint density at radius 1 is 1.28 bits per heavy atom. The van der Waals surface area contributed by atoms with Gasteiger partial charge in [-0.1, -0.05) is 12.1 Å². The fraction of sp³-hybridized carbons (Fsp3) is 0.588. The lowest BCUT2D eigenvalue weighted by Gasteiger charge is -2.32. The molecule has 25 heavy (non-hydrogen) atoms. The topological polar surface area (TPSA) is 84.9 Å². The number of carbonyl (C=O) groups is 1. The molecule has 2 fully saturated rings. The summed E-state index contributed by atoms with van der Waals surface area (Å²) in [6, 6.07) is 7.10. The van der Waals surface area contributed by atoms with Gasteiger partial charge >= 0.3 is 0 Å². The van der Waals surface area contributed by atoms with Crippen LogP contribution in [0.2, 0.25) is 0 Å². The summed E-state index contributed by atoms with van der Waals surface area (Å²) in [6.07, 6.45) is 0.678. The summed E-state index contributed by atoms with van der Waals surface area (Å²) in [5, 5.41) is 3.00. The molecule has 0 saturated carbocycles. The fourth-order valence-electron chi connectivity index (χ4n) is 3.28. The van der Waals surface area contributed by atoms with E-state index in [-0.39, 0.29) is 29.6 Å². The molecule has 8 heteroatoms. The standard InChI is InChI=1S/C17H24N2O5S/c1-23-16-6-9-24-12-14(16)18-17(20)13-4-2-3-5-15(13)19-7-10-25(21,22)11-8-19/h2-5,14,16H,6-12H2,1H3,(H,18,20). The summed E-state index contributed by atoms with van der Waals surface area (Å²) in [4.78, 5) is 14.8. The Balaban J connectivity index is 1.75. The van der Waals surface area contributed by atoms with E-state index in [1.807, 2.05) is 23.1 Å². The summed E-state index contributed by atoms with van der Waals surface area (Å²) in [5.41, 5.74) is 1.31. The minimum absolute atomic E-state index is 0.0648. The Bertz CT molecular complexity index is 708. The van der Waals surface area contributed by atoms with E-state index in [1.165, 1.54) is 0 Å². The zero-order valence-corrected chi connectivity index (χ0v) is 15.1. The summed E-state index contributed by atoms with van der Waals surface area (Å²) >= 11 is 0. The molecule has 0 aliphatic carbocycles. The second-order valence-electron chi connectivity index (χ2n) is 6.37. The molecule has 2 unspecified atom stereocenters. The van der Waals surface area contributed by atoms with Crippen molar-refractivity contribution >= 4 is 21.4 Å². The molecule has 1 aromatic carbocycles. The maximum atomic E-state index is 12.8. The normalized spacial score (nSPS) is 26.2. The van der Waals surface area contributed by atoms with Crippen LogP contribution in [0.1, 0.15) is 16.8 Å². The molecule has 2 aliphatic heterocycles. The van der Waals surface area contributed by atoms with Crippen molar-refractivity contribution in [3.8, 4) is 0 Å². The lowest BCUT2D eigenvalue weighted by Crippen LogP contribution is -2.50. The molecular weight excluding hydrogens is 344 g/mol. The molecular formula is C17H24N2O5S. The van der Waals surface area contributed by atoms with Crippen LogP contribution in [0.5, 0.6) is 0 Å². The number of nitrogens with zero attached hydrogens (tertiary/aromatic N) is 1. The second kappa shape index (κ2) is 7.72. The smallest absolute Gasteiger partial charge is 0.253 e. The lowest BCUT2D eigenvalue weighted by molar-refractivity contribution is -0.0349. The minimum Gasteiger partial charge on any atom is -0.379 e. The van der Waals surface area contributed by atoms with Gasteiger partial charge in [0.05, 0.1) is 35.8 Å². The van der Waals surface area contributed by atoms with Crippen molar-refractivity contribution in [1.29, 1.82) is 0 Å². The maximum absolute atomic E-state index is 12.8. The zero-order valence-electron chi connectivity index (χ0n) is 14.3. The van der Waals surface area contributed by atoms with Crippen molar-refractivity contribution < 1.29 is 22.7 Å². The van der Waals surface area contributed by atoms with Gasteiger partial charge < -0.3 is 19.7 Å². The fourth-order valence-corrected chi connectivity index (χ4v) is 4.48. The number of rotatable bonds is 4. The zero-order chi connectivity index (χ0) is 17.9. The van der Waals surface area contributed by atoms with Crippen LogP contribution in [0.3, 0.4) is 0 Å². The van der Waals surface area contributed by atoms with Crippen molar-refractivity contribution in [3.63, 3.8) is 0 Å². The number of nitrogens with one attached hydrogen (secondary N) is 1. The first-order valence-electron chi connectivity index (χ1n) is 8.46. The Hall–Kier alpha value is -1.64. The van der Waals surface area contributed by atoms with E-state index in [9.17, 15) is 13.2 Å². The first-order valence-corrected chi connectivity index (χ1v) is 10.3. The van der Waals surface area contributed by atoms with E-state index >= 15 is 0 Å². The average molecular weight is 368 g/mol. The number of amides is 1. The molecule has 1 amide bonds. The van der Waals surface area contributed by atoms with Crippen molar-refractivity contribution in [1.82, 2.24) is 5.32 Å². The van der Waals surface area contributed by atoms with Crippen LogP contribution in [0.15, 0.2) is 24.3 Å². The summed E-state index contributed by atoms with van der Waals surface area (Å²) < 4.78 is 34.2. The van der Waals surface area contributed by atoms with Gasteiger partial charge in [-0.2, -0.15) is 0 Å². The second-order valence-corrected chi connectivity index (χ2v) is 8.68. The van der Waals surface area contributed by atoms with Gasteiger partial charge in [0.25, 0.3) is 5.91 Å². The highest BCUT2D eigenvalue weighted by atomic mass is 32.2. The van der Waals surface area contributed by atoms with E-state index in [0.717, 1.165) is 12.1 Å². The molecule has 2 heterocycles. The average Bonchev–Trinajstić information content (AvgIpc) is 2.62. The van der Waals surface area contributed by atoms with Crippen LogP contribution < -0.4 is 10.2 Å². The molecule has 1 N–H and O–H groups in total. The molecule has 1 aromatic rings. The predicted molar refractivity (Wildman–Crippen MR) is 94.8 cm³/mol. The highest BCUT2D eigenvalue weighted by Gasteiger charge is 2.29. The van der Waals surface area contributed by atoms with Gasteiger partial charge in [0.15, 0.2) is 9.84 Å². The maximum Gasteiger partial charge on any atom is 0.253 e. The first-order chi connectivity index (χ1) is 12.0. The quantitative estimate of drug-likeness (QED) is 0.831. The number of methoxy groups -OCH3 is 1. The van der Waals surface area contributed by atoms with Crippen LogP contribution in [-0.2, 0) is 19.3 Å². The third-order valence-electron chi connectivity index (χ3n) is 4.75. The molecule has 0 radical (unpaired) electrons. The monoisotopic (exact) mass is 368 g/mol. The van der Waals surface area contributed by atoms with Gasteiger partial charge in [-0.25, -0.2) is 8.42 Å². The number of carbonyl (C=O) groups excluding carboxylic acids is 1. The number of sulfone groups is 1. The molecule has 3 rings (SSSR count). The van der Waals surface area contributed by atoms with Gasteiger partial charge in [-0.05, 0) is 18.6 Å². The highest BCUT2D eigenvalue weighted by molar-refractivity contribution is 7.91. The largest absolute Gasteiger partial charge is 0.379 e. The van der Waals surface area contributed by atoms with Gasteiger partial charge in [0, 0.05) is 32.5 Å². The Kier molecular flexibility index (Phi) is 5.61. The molecule has 0 bridgehead atoms. The third kappa shape index (κ3) is 4.31. The molecule has 2 atom stereocenters. The van der Waals surface area contributed by atoms with Crippen molar-refractivity contribution in [2.75, 3.05) is 49.8 Å². The van der Waals surface area contributed by atoms with Crippen LogP contribution in [0.4, 0.5) is 5.69 Å². The molecule has 2 aliphatic rings. The number of para-hydroxylation sites is 1. The van der Waals surface area contributed by atoms with Crippen molar-refractivity contribution in [2.45, 2.75) is 18.6 Å². The number of anilines is 1. The molecule has 138 valence electrons. The number of hydrogen-bond donors (Lipinski definition) is 1. The summed E-state index contributed by atoms with van der Waals surface area (Å²) in [5.74, 6) is 0.0395. The van der Waals surface area contributed by atoms with E-state index in [1.54, 1.807) is 13.2 Å². The van der Waals surface area contributed by atoms with Crippen LogP contribution in [0.25, 0.3) is 0 Å². The SMILES string of the molecule is COC1CCOCC1NC(=O)c1ccccc1N1CCS(=O)(=O)CC1. The number of benzene rings is 1. The van der Waals surface area contributed by atoms with E-state index in [4.69, 9.17) is 9.47 Å². The minimum atomic E-state index is -2.97. The molecule has 0 aromatic heterocycles. The Morgan fingerprint density at radius 3 is 2.72 bits per heavy atom. The number of hydrogen-bond acceptors (Lipinski definition) is 6. The Morgan fingerprint density at radius 2 is 2.00 bits per heavy atom. The highest BCUT2D eigenvalue weighted by Crippen LogP contribution is 2.23. The van der Waals surface area contributed by atoms with Crippen molar-refractivity contribution in [3.05, 3.63) is 29.8 Å². The van der Waals surface area contributed by atoms with Crippen molar-refractivity contribution in [2.24, 2.45) is 0 Å².